The second kappa shape index (κ2) is 5.90. The van der Waals surface area contributed by atoms with Crippen LogP contribution in [0.2, 0.25) is 0 Å². The number of nitrogens with zero attached hydrogens (tertiary/aromatic N) is 1. The molecule has 6 heteroatoms. The van der Waals surface area contributed by atoms with Gasteiger partial charge in [0.1, 0.15) is 0 Å². The first-order chi connectivity index (χ1) is 9.52. The lowest BCUT2D eigenvalue weighted by Gasteiger charge is -2.27. The maximum Gasteiger partial charge on any atom is 0.315 e. The molecule has 0 aromatic carbocycles. The van der Waals surface area contributed by atoms with E-state index in [2.05, 4.69) is 15.6 Å². The number of carbonyl (C=O) groups excluding carboxylic acids is 1. The van der Waals surface area contributed by atoms with Gasteiger partial charge in [-0.05, 0) is 31.4 Å². The highest BCUT2D eigenvalue weighted by molar-refractivity contribution is 5.79. The zero-order valence-electron chi connectivity index (χ0n) is 11.4. The van der Waals surface area contributed by atoms with E-state index in [-0.39, 0.29) is 12.1 Å². The number of pyridine rings is 1. The van der Waals surface area contributed by atoms with Gasteiger partial charge in [0.15, 0.2) is 0 Å². The minimum atomic E-state index is -0.869. The molecule has 3 N–H and O–H groups in total. The van der Waals surface area contributed by atoms with Gasteiger partial charge in [0.25, 0.3) is 0 Å². The Morgan fingerprint density at radius 2 is 2.35 bits per heavy atom. The van der Waals surface area contributed by atoms with Crippen LogP contribution in [0.4, 0.5) is 4.79 Å². The fraction of sp³-hybridized carbons (Fsp3) is 0.500. The molecular formula is C14H19N3O3. The van der Waals surface area contributed by atoms with Gasteiger partial charge in [-0.2, -0.15) is 0 Å². The molecule has 0 radical (unpaired) electrons. The summed E-state index contributed by atoms with van der Waals surface area (Å²) in [7, 11) is 0. The number of aromatic nitrogens is 1. The van der Waals surface area contributed by atoms with Crippen LogP contribution in [0, 0.1) is 5.41 Å². The van der Waals surface area contributed by atoms with Gasteiger partial charge in [0.2, 0.25) is 0 Å². The lowest BCUT2D eigenvalue weighted by Crippen LogP contribution is -2.50. The molecule has 1 aliphatic rings. The van der Waals surface area contributed by atoms with Gasteiger partial charge in [0.05, 0.1) is 5.41 Å². The van der Waals surface area contributed by atoms with E-state index in [1.54, 1.807) is 25.4 Å². The summed E-state index contributed by atoms with van der Waals surface area (Å²) in [5.41, 5.74) is 0.0288. The molecule has 2 unspecified atom stereocenters. The minimum Gasteiger partial charge on any atom is -0.481 e. The highest BCUT2D eigenvalue weighted by atomic mass is 16.4. The van der Waals surface area contributed by atoms with E-state index >= 15 is 0 Å². The number of carbonyl (C=O) groups is 2. The number of nitrogens with one attached hydrogen (secondary N) is 2. The van der Waals surface area contributed by atoms with Gasteiger partial charge in [-0.1, -0.05) is 12.5 Å². The van der Waals surface area contributed by atoms with Crippen LogP contribution in [0.1, 0.15) is 31.7 Å². The fourth-order valence-electron chi connectivity index (χ4n) is 2.55. The van der Waals surface area contributed by atoms with Crippen molar-refractivity contribution in [2.45, 2.75) is 38.8 Å². The van der Waals surface area contributed by atoms with Crippen LogP contribution in [0.3, 0.4) is 0 Å². The number of amides is 2. The smallest absolute Gasteiger partial charge is 0.315 e. The number of rotatable bonds is 4. The number of urea groups is 1. The summed E-state index contributed by atoms with van der Waals surface area (Å²) in [4.78, 5) is 27.1. The Labute approximate surface area is 117 Å². The van der Waals surface area contributed by atoms with Gasteiger partial charge < -0.3 is 15.7 Å². The molecular weight excluding hydrogens is 258 g/mol. The number of hydrogen-bond acceptors (Lipinski definition) is 3. The first kappa shape index (κ1) is 14.3. The van der Waals surface area contributed by atoms with Crippen molar-refractivity contribution in [2.75, 3.05) is 0 Å². The molecule has 6 nitrogen and oxygen atoms in total. The second-order valence-corrected chi connectivity index (χ2v) is 5.36. The first-order valence-corrected chi connectivity index (χ1v) is 6.69. The van der Waals surface area contributed by atoms with Gasteiger partial charge in [0, 0.05) is 25.0 Å². The summed E-state index contributed by atoms with van der Waals surface area (Å²) < 4.78 is 0. The molecule has 1 aromatic rings. The number of aliphatic carboxylic acids is 1. The molecule has 108 valence electrons. The van der Waals surface area contributed by atoms with Crippen LogP contribution in [-0.2, 0) is 11.3 Å². The maximum absolute atomic E-state index is 11.8. The Balaban J connectivity index is 1.87. The fourth-order valence-corrected chi connectivity index (χ4v) is 2.55. The standard InChI is InChI=1S/C14H19N3O3/c1-14(12(18)19)6-2-5-11(14)17-13(20)16-9-10-4-3-7-15-8-10/h3-4,7-8,11H,2,5-6,9H2,1H3,(H,18,19)(H2,16,17,20). The lowest BCUT2D eigenvalue weighted by molar-refractivity contribution is -0.148. The number of carboxylic acid groups (broad SMARTS) is 1. The van der Waals surface area contributed by atoms with Gasteiger partial charge in [-0.15, -0.1) is 0 Å². The van der Waals surface area contributed by atoms with Crippen LogP contribution in [-0.4, -0.2) is 28.1 Å². The van der Waals surface area contributed by atoms with Crippen LogP contribution in [0.15, 0.2) is 24.5 Å². The average molecular weight is 277 g/mol. The Morgan fingerprint density at radius 3 is 3.00 bits per heavy atom. The Kier molecular flexibility index (Phi) is 4.22. The highest BCUT2D eigenvalue weighted by Crippen LogP contribution is 2.38. The van der Waals surface area contributed by atoms with Crippen molar-refractivity contribution in [3.8, 4) is 0 Å². The zero-order chi connectivity index (χ0) is 14.6. The van der Waals surface area contributed by atoms with Crippen molar-refractivity contribution in [3.63, 3.8) is 0 Å². The third-order valence-corrected chi connectivity index (χ3v) is 3.93. The average Bonchev–Trinajstić information content (AvgIpc) is 2.80. The first-order valence-electron chi connectivity index (χ1n) is 6.69. The highest BCUT2D eigenvalue weighted by Gasteiger charge is 2.45. The van der Waals surface area contributed by atoms with Crippen LogP contribution in [0.25, 0.3) is 0 Å². The summed E-state index contributed by atoms with van der Waals surface area (Å²) in [5, 5.41) is 14.8. The second-order valence-electron chi connectivity index (χ2n) is 5.36. The van der Waals surface area contributed by atoms with E-state index in [9.17, 15) is 14.7 Å². The monoisotopic (exact) mass is 277 g/mol. The van der Waals surface area contributed by atoms with Crippen molar-refractivity contribution < 1.29 is 14.7 Å². The minimum absolute atomic E-state index is 0.325. The topological polar surface area (TPSA) is 91.3 Å². The van der Waals surface area contributed by atoms with E-state index < -0.39 is 11.4 Å². The number of carboxylic acids is 1. The molecule has 20 heavy (non-hydrogen) atoms. The Morgan fingerprint density at radius 1 is 1.55 bits per heavy atom. The van der Waals surface area contributed by atoms with E-state index in [4.69, 9.17) is 0 Å². The molecule has 0 saturated heterocycles. The van der Waals surface area contributed by atoms with E-state index in [1.807, 2.05) is 6.07 Å². The molecule has 0 spiro atoms. The molecule has 1 fully saturated rings. The van der Waals surface area contributed by atoms with Gasteiger partial charge >= 0.3 is 12.0 Å². The SMILES string of the molecule is CC1(C(=O)O)CCCC1NC(=O)NCc1cccnc1. The largest absolute Gasteiger partial charge is 0.481 e. The van der Waals surface area contributed by atoms with Crippen molar-refractivity contribution in [2.24, 2.45) is 5.41 Å². The molecule has 1 aliphatic carbocycles. The predicted molar refractivity (Wildman–Crippen MR) is 73.0 cm³/mol. The van der Waals surface area contributed by atoms with Crippen LogP contribution >= 0.6 is 0 Å². The van der Waals surface area contributed by atoms with Gasteiger partial charge in [-0.3, -0.25) is 9.78 Å². The third-order valence-electron chi connectivity index (χ3n) is 3.93. The summed E-state index contributed by atoms with van der Waals surface area (Å²) in [5.74, 6) is -0.854. The predicted octanol–water partition coefficient (Wildman–Crippen LogP) is 1.52. The summed E-state index contributed by atoms with van der Waals surface area (Å²) >= 11 is 0. The summed E-state index contributed by atoms with van der Waals surface area (Å²) in [6, 6.07) is 3.00. The normalized spacial score (nSPS) is 25.1. The molecule has 2 amide bonds. The van der Waals surface area contributed by atoms with Crippen molar-refractivity contribution in [3.05, 3.63) is 30.1 Å². The number of hydrogen-bond donors (Lipinski definition) is 3. The Hall–Kier alpha value is -2.11. The molecule has 1 aromatic heterocycles. The summed E-state index contributed by atoms with van der Waals surface area (Å²) in [6.45, 7) is 2.06. The molecule has 1 heterocycles. The lowest BCUT2D eigenvalue weighted by atomic mass is 9.85. The van der Waals surface area contributed by atoms with E-state index in [0.717, 1.165) is 12.0 Å². The molecule has 2 atom stereocenters. The van der Waals surface area contributed by atoms with Crippen molar-refractivity contribution >= 4 is 12.0 Å². The van der Waals surface area contributed by atoms with Crippen LogP contribution in [0.5, 0.6) is 0 Å². The quantitative estimate of drug-likeness (QED) is 0.778. The molecule has 1 saturated carbocycles. The summed E-state index contributed by atoms with van der Waals surface area (Å²) in [6.07, 6.45) is 5.45. The van der Waals surface area contributed by atoms with Crippen molar-refractivity contribution in [1.82, 2.24) is 15.6 Å². The van der Waals surface area contributed by atoms with Crippen molar-refractivity contribution in [1.29, 1.82) is 0 Å². The van der Waals surface area contributed by atoms with Crippen LogP contribution < -0.4 is 10.6 Å². The zero-order valence-corrected chi connectivity index (χ0v) is 11.4. The Bertz CT molecular complexity index is 492. The molecule has 2 rings (SSSR count). The molecule has 0 bridgehead atoms. The van der Waals surface area contributed by atoms with E-state index in [0.29, 0.717) is 19.4 Å². The van der Waals surface area contributed by atoms with E-state index in [1.165, 1.54) is 0 Å². The maximum atomic E-state index is 11.8. The molecule has 0 aliphatic heterocycles. The third kappa shape index (κ3) is 3.07. The van der Waals surface area contributed by atoms with Gasteiger partial charge in [-0.25, -0.2) is 4.79 Å².